The number of carbonyl (C=O) groups is 2. The number of nitrogens with one attached hydrogen (secondary N) is 1. The van der Waals surface area contributed by atoms with Gasteiger partial charge < -0.3 is 20.1 Å². The summed E-state index contributed by atoms with van der Waals surface area (Å²) in [7, 11) is -4.00. The van der Waals surface area contributed by atoms with Crippen LogP contribution in [0.5, 0.6) is 0 Å². The van der Waals surface area contributed by atoms with Crippen LogP contribution in [0.3, 0.4) is 0 Å². The highest BCUT2D eigenvalue weighted by molar-refractivity contribution is 7.92. The molecule has 1 saturated carbocycles. The van der Waals surface area contributed by atoms with Gasteiger partial charge in [0.05, 0.1) is 13.2 Å². The summed E-state index contributed by atoms with van der Waals surface area (Å²) in [6.07, 6.45) is 2.34. The number of hydrogen-bond donors (Lipinski definition) is 2. The number of morpholine rings is 1. The maximum atomic E-state index is 12.2. The van der Waals surface area contributed by atoms with Crippen molar-refractivity contribution in [3.05, 3.63) is 0 Å². The number of carbonyl (C=O) groups excluding carboxylic acids is 1. The molecule has 2 aliphatic rings. The number of sulfone groups is 1. The Labute approximate surface area is 123 Å². The summed E-state index contributed by atoms with van der Waals surface area (Å²) in [6, 6.07) is -0.674. The lowest BCUT2D eigenvalue weighted by Crippen LogP contribution is -2.63. The second kappa shape index (κ2) is 5.80. The minimum Gasteiger partial charge on any atom is -0.479 e. The largest absolute Gasteiger partial charge is 0.479 e. The molecule has 2 amide bonds. The van der Waals surface area contributed by atoms with Crippen molar-refractivity contribution in [2.75, 3.05) is 32.6 Å². The lowest BCUT2D eigenvalue weighted by atomic mass is 10.1. The Morgan fingerprint density at radius 1 is 1.33 bits per heavy atom. The monoisotopic (exact) mass is 320 g/mol. The van der Waals surface area contributed by atoms with E-state index in [1.54, 1.807) is 0 Å². The Morgan fingerprint density at radius 3 is 2.33 bits per heavy atom. The molecule has 1 aliphatic heterocycles. The van der Waals surface area contributed by atoms with Crippen LogP contribution in [0.2, 0.25) is 0 Å². The van der Waals surface area contributed by atoms with E-state index in [1.165, 1.54) is 4.90 Å². The van der Waals surface area contributed by atoms with Crippen LogP contribution in [0.25, 0.3) is 0 Å². The van der Waals surface area contributed by atoms with Crippen molar-refractivity contribution >= 4 is 21.8 Å². The molecular formula is C12H20N2O6S. The average Bonchev–Trinajstić information content (AvgIpc) is 3.21. The molecule has 0 unspecified atom stereocenters. The molecule has 0 aromatic heterocycles. The number of carboxylic acids is 1. The van der Waals surface area contributed by atoms with Crippen molar-refractivity contribution < 1.29 is 27.9 Å². The fraction of sp³-hybridized carbons (Fsp3) is 0.833. The van der Waals surface area contributed by atoms with Crippen LogP contribution in [-0.2, 0) is 19.4 Å². The maximum Gasteiger partial charge on any atom is 0.345 e. The fourth-order valence-corrected chi connectivity index (χ4v) is 3.47. The number of nitrogens with zero attached hydrogens (tertiary/aromatic N) is 1. The number of aliphatic carboxylic acids is 1. The third-order valence-corrected chi connectivity index (χ3v) is 5.57. The van der Waals surface area contributed by atoms with E-state index in [0.29, 0.717) is 26.3 Å². The van der Waals surface area contributed by atoms with Gasteiger partial charge in [-0.1, -0.05) is 12.8 Å². The van der Waals surface area contributed by atoms with E-state index >= 15 is 0 Å². The van der Waals surface area contributed by atoms with Crippen molar-refractivity contribution in [1.29, 1.82) is 0 Å². The van der Waals surface area contributed by atoms with Gasteiger partial charge >= 0.3 is 12.0 Å². The molecule has 1 atom stereocenters. The summed E-state index contributed by atoms with van der Waals surface area (Å²) in [5.74, 6) is -1.50. The molecule has 21 heavy (non-hydrogen) atoms. The number of amides is 2. The number of ether oxygens (including phenoxy) is 1. The highest BCUT2D eigenvalue weighted by Crippen LogP contribution is 2.38. The van der Waals surface area contributed by atoms with E-state index < -0.39 is 26.7 Å². The second-order valence-electron chi connectivity index (χ2n) is 5.58. The molecule has 0 radical (unpaired) electrons. The van der Waals surface area contributed by atoms with E-state index in [-0.39, 0.29) is 12.3 Å². The molecule has 2 N–H and O–H groups in total. The minimum atomic E-state index is -4.00. The van der Waals surface area contributed by atoms with Crippen molar-refractivity contribution in [3.63, 3.8) is 0 Å². The topological polar surface area (TPSA) is 113 Å². The molecule has 1 aliphatic carbocycles. The molecular weight excluding hydrogens is 300 g/mol. The van der Waals surface area contributed by atoms with Crippen LogP contribution >= 0.6 is 0 Å². The van der Waals surface area contributed by atoms with Crippen LogP contribution in [0.4, 0.5) is 4.79 Å². The molecule has 9 heteroatoms. The Hall–Kier alpha value is -1.35. The van der Waals surface area contributed by atoms with Crippen LogP contribution < -0.4 is 5.32 Å². The van der Waals surface area contributed by atoms with Gasteiger partial charge in [-0.15, -0.1) is 0 Å². The molecule has 8 nitrogen and oxygen atoms in total. The zero-order valence-corrected chi connectivity index (χ0v) is 12.7. The molecule has 120 valence electrons. The quantitative estimate of drug-likeness (QED) is 0.716. The molecule has 1 heterocycles. The van der Waals surface area contributed by atoms with Crippen molar-refractivity contribution in [1.82, 2.24) is 10.2 Å². The molecule has 0 aromatic carbocycles. The average molecular weight is 320 g/mol. The van der Waals surface area contributed by atoms with E-state index in [1.807, 2.05) is 0 Å². The van der Waals surface area contributed by atoms with Gasteiger partial charge in [-0.2, -0.15) is 0 Å². The lowest BCUT2D eigenvalue weighted by molar-refractivity contribution is -0.141. The van der Waals surface area contributed by atoms with Crippen molar-refractivity contribution in [2.24, 2.45) is 5.92 Å². The molecule has 2 rings (SSSR count). The van der Waals surface area contributed by atoms with Gasteiger partial charge in [0.15, 0.2) is 9.84 Å². The number of hydrogen-bond acceptors (Lipinski definition) is 5. The first-order chi connectivity index (χ1) is 9.76. The van der Waals surface area contributed by atoms with Crippen molar-refractivity contribution in [3.8, 4) is 0 Å². The molecule has 0 spiro atoms. The molecule has 1 saturated heterocycles. The van der Waals surface area contributed by atoms with Gasteiger partial charge in [0.2, 0.25) is 4.87 Å². The van der Waals surface area contributed by atoms with Crippen LogP contribution in [0.1, 0.15) is 19.3 Å². The van der Waals surface area contributed by atoms with Gasteiger partial charge in [-0.3, -0.25) is 0 Å². The molecule has 0 bridgehead atoms. The first kappa shape index (κ1) is 16.0. The Balaban J connectivity index is 2.21. The van der Waals surface area contributed by atoms with Gasteiger partial charge in [0.25, 0.3) is 0 Å². The van der Waals surface area contributed by atoms with E-state index in [4.69, 9.17) is 4.74 Å². The predicted octanol–water partition coefficient (Wildman–Crippen LogP) is -0.346. The zero-order chi connectivity index (χ0) is 15.7. The van der Waals surface area contributed by atoms with E-state index in [2.05, 4.69) is 5.32 Å². The summed E-state index contributed by atoms with van der Waals surface area (Å²) in [5, 5.41) is 11.7. The maximum absolute atomic E-state index is 12.2. The van der Waals surface area contributed by atoms with Crippen molar-refractivity contribution in [2.45, 2.75) is 24.1 Å². The van der Waals surface area contributed by atoms with Gasteiger partial charge in [0.1, 0.15) is 0 Å². The molecule has 2 fully saturated rings. The zero-order valence-electron chi connectivity index (χ0n) is 11.9. The number of urea groups is 1. The fourth-order valence-electron chi connectivity index (χ4n) is 2.34. The van der Waals surface area contributed by atoms with Crippen LogP contribution in [-0.4, -0.2) is 67.9 Å². The predicted molar refractivity (Wildman–Crippen MR) is 73.5 cm³/mol. The minimum absolute atomic E-state index is 0.0285. The summed E-state index contributed by atoms with van der Waals surface area (Å²) >= 11 is 0. The Bertz CT molecular complexity index is 524. The van der Waals surface area contributed by atoms with Crippen LogP contribution in [0, 0.1) is 5.92 Å². The van der Waals surface area contributed by atoms with E-state index in [0.717, 1.165) is 19.1 Å². The summed E-state index contributed by atoms with van der Waals surface area (Å²) in [5.41, 5.74) is 0. The standard InChI is InChI=1S/C12H20N2O6S/c1-21(18,19)12(10(15)16,8-9-2-3-9)13-11(17)14-4-6-20-7-5-14/h9H,2-8H2,1H3,(H,13,17)(H,15,16)/t12-/m1/s1. The van der Waals surface area contributed by atoms with Gasteiger partial charge in [-0.05, 0) is 12.3 Å². The summed E-state index contributed by atoms with van der Waals surface area (Å²) < 4.78 is 29.2. The third kappa shape index (κ3) is 3.46. The molecule has 0 aromatic rings. The van der Waals surface area contributed by atoms with E-state index in [9.17, 15) is 23.1 Å². The first-order valence-corrected chi connectivity index (χ1v) is 8.73. The number of rotatable bonds is 5. The SMILES string of the molecule is CS(=O)(=O)[C@@](CC1CC1)(NC(=O)N1CCOCC1)C(=O)O. The summed E-state index contributed by atoms with van der Waals surface area (Å²) in [6.45, 7) is 1.34. The normalized spacial score (nSPS) is 22.4. The first-order valence-electron chi connectivity index (χ1n) is 6.84. The number of carboxylic acid groups (broad SMARTS) is 1. The highest BCUT2D eigenvalue weighted by atomic mass is 32.2. The van der Waals surface area contributed by atoms with Gasteiger partial charge in [0, 0.05) is 19.3 Å². The third-order valence-electron chi connectivity index (χ3n) is 3.86. The lowest BCUT2D eigenvalue weighted by Gasteiger charge is -2.33. The van der Waals surface area contributed by atoms with Gasteiger partial charge in [-0.25, -0.2) is 18.0 Å². The summed E-state index contributed by atoms with van der Waals surface area (Å²) in [4.78, 5) is 22.9. The second-order valence-corrected chi connectivity index (χ2v) is 7.82. The Kier molecular flexibility index (Phi) is 4.43. The highest BCUT2D eigenvalue weighted by Gasteiger charge is 2.53. The Morgan fingerprint density at radius 2 is 1.90 bits per heavy atom. The van der Waals surface area contributed by atoms with Crippen LogP contribution in [0.15, 0.2) is 0 Å². The smallest absolute Gasteiger partial charge is 0.345 e.